The van der Waals surface area contributed by atoms with E-state index in [1.807, 2.05) is 0 Å². The molecule has 2 amide bonds. The topological polar surface area (TPSA) is 101 Å². The van der Waals surface area contributed by atoms with Gasteiger partial charge in [0.15, 0.2) is 9.84 Å². The van der Waals surface area contributed by atoms with E-state index in [9.17, 15) is 17.6 Å². The van der Waals surface area contributed by atoms with Crippen molar-refractivity contribution in [2.75, 3.05) is 5.75 Å². The van der Waals surface area contributed by atoms with Gasteiger partial charge in [0.2, 0.25) is 0 Å². The standard InChI is InChI=1S/C10H10FN3O3S/c11-6-1-2-9-7(5-6)8(13-14-10(12)15)3-4-18(9,16)17/h1-3,5,13H,4H2,(H3,12,14,15). The molecule has 1 aliphatic heterocycles. The van der Waals surface area contributed by atoms with Crippen LogP contribution in [0.3, 0.4) is 0 Å². The van der Waals surface area contributed by atoms with Crippen molar-refractivity contribution in [3.8, 4) is 0 Å². The Morgan fingerprint density at radius 1 is 1.39 bits per heavy atom. The minimum atomic E-state index is -3.46. The zero-order chi connectivity index (χ0) is 13.3. The second kappa shape index (κ2) is 4.30. The van der Waals surface area contributed by atoms with Gasteiger partial charge in [-0.1, -0.05) is 0 Å². The summed E-state index contributed by atoms with van der Waals surface area (Å²) < 4.78 is 36.7. The van der Waals surface area contributed by atoms with Gasteiger partial charge >= 0.3 is 6.03 Å². The van der Waals surface area contributed by atoms with Crippen LogP contribution in [0.25, 0.3) is 5.70 Å². The highest BCUT2D eigenvalue weighted by Gasteiger charge is 2.25. The van der Waals surface area contributed by atoms with E-state index in [-0.39, 0.29) is 21.9 Å². The third-order valence-electron chi connectivity index (χ3n) is 2.39. The van der Waals surface area contributed by atoms with Crippen LogP contribution in [0.4, 0.5) is 9.18 Å². The largest absolute Gasteiger partial charge is 0.350 e. The molecule has 0 aliphatic carbocycles. The molecule has 1 aromatic rings. The lowest BCUT2D eigenvalue weighted by atomic mass is 10.1. The maximum atomic E-state index is 13.2. The van der Waals surface area contributed by atoms with E-state index in [1.165, 1.54) is 12.1 Å². The molecule has 0 atom stereocenters. The highest BCUT2D eigenvalue weighted by atomic mass is 32.2. The Balaban J connectivity index is 2.45. The zero-order valence-electron chi connectivity index (χ0n) is 9.10. The van der Waals surface area contributed by atoms with Gasteiger partial charge in [0.05, 0.1) is 16.3 Å². The number of hydrogen-bond donors (Lipinski definition) is 3. The van der Waals surface area contributed by atoms with E-state index < -0.39 is 21.7 Å². The molecule has 0 unspecified atom stereocenters. The van der Waals surface area contributed by atoms with E-state index in [4.69, 9.17) is 5.73 Å². The van der Waals surface area contributed by atoms with Crippen LogP contribution in [-0.2, 0) is 9.84 Å². The van der Waals surface area contributed by atoms with E-state index in [0.29, 0.717) is 0 Å². The normalized spacial score (nSPS) is 16.4. The monoisotopic (exact) mass is 271 g/mol. The first kappa shape index (κ1) is 12.4. The lowest BCUT2D eigenvalue weighted by Gasteiger charge is -2.19. The summed E-state index contributed by atoms with van der Waals surface area (Å²) >= 11 is 0. The number of fused-ring (bicyclic) bond motifs is 1. The number of nitrogens with one attached hydrogen (secondary N) is 2. The molecule has 0 aromatic heterocycles. The molecule has 2 rings (SSSR count). The fraction of sp³-hybridized carbons (Fsp3) is 0.100. The van der Waals surface area contributed by atoms with Gasteiger partial charge in [-0.05, 0) is 24.3 Å². The Kier molecular flexibility index (Phi) is 2.95. The molecule has 0 saturated heterocycles. The summed E-state index contributed by atoms with van der Waals surface area (Å²) in [6.07, 6.45) is 1.34. The maximum absolute atomic E-state index is 13.2. The number of nitrogens with two attached hydrogens (primary N) is 1. The summed E-state index contributed by atoms with van der Waals surface area (Å²) in [4.78, 5) is 10.6. The zero-order valence-corrected chi connectivity index (χ0v) is 9.92. The molecule has 0 spiro atoms. The van der Waals surface area contributed by atoms with Gasteiger partial charge in [-0.15, -0.1) is 0 Å². The van der Waals surface area contributed by atoms with Crippen LogP contribution in [0, 0.1) is 5.82 Å². The van der Waals surface area contributed by atoms with Gasteiger partial charge in [0, 0.05) is 5.56 Å². The van der Waals surface area contributed by atoms with E-state index in [1.54, 1.807) is 0 Å². The van der Waals surface area contributed by atoms with Crippen molar-refractivity contribution < 1.29 is 17.6 Å². The van der Waals surface area contributed by atoms with Gasteiger partial charge < -0.3 is 5.73 Å². The van der Waals surface area contributed by atoms with Crippen LogP contribution in [0.15, 0.2) is 29.2 Å². The second-order valence-electron chi connectivity index (χ2n) is 3.65. The number of amides is 2. The fourth-order valence-electron chi connectivity index (χ4n) is 1.62. The molecule has 8 heteroatoms. The van der Waals surface area contributed by atoms with E-state index in [2.05, 4.69) is 10.9 Å². The van der Waals surface area contributed by atoms with Crippen LogP contribution < -0.4 is 16.6 Å². The van der Waals surface area contributed by atoms with Crippen LogP contribution in [0.2, 0.25) is 0 Å². The predicted molar refractivity (Wildman–Crippen MR) is 62.3 cm³/mol. The average molecular weight is 271 g/mol. The van der Waals surface area contributed by atoms with Gasteiger partial charge in [-0.25, -0.2) is 17.6 Å². The Bertz CT molecular complexity index is 640. The first-order valence-corrected chi connectivity index (χ1v) is 6.60. The van der Waals surface area contributed by atoms with Crippen LogP contribution in [0.1, 0.15) is 5.56 Å². The quantitative estimate of drug-likeness (QED) is 0.525. The number of rotatable bonds is 2. The number of halogens is 1. The molecule has 96 valence electrons. The molecule has 0 saturated carbocycles. The van der Waals surface area contributed by atoms with Gasteiger partial charge in [0.25, 0.3) is 0 Å². The van der Waals surface area contributed by atoms with Crippen LogP contribution in [-0.4, -0.2) is 20.2 Å². The van der Waals surface area contributed by atoms with Crippen molar-refractivity contribution in [1.29, 1.82) is 0 Å². The lowest BCUT2D eigenvalue weighted by molar-refractivity contribution is 0.247. The first-order valence-electron chi connectivity index (χ1n) is 4.94. The van der Waals surface area contributed by atoms with Crippen molar-refractivity contribution in [1.82, 2.24) is 10.9 Å². The summed E-state index contributed by atoms with van der Waals surface area (Å²) in [5.74, 6) is -0.799. The molecule has 0 fully saturated rings. The Labute approximate surface area is 103 Å². The van der Waals surface area contributed by atoms with Crippen molar-refractivity contribution in [2.24, 2.45) is 5.73 Å². The lowest BCUT2D eigenvalue weighted by Crippen LogP contribution is -2.40. The van der Waals surface area contributed by atoms with Gasteiger partial charge in [-0.3, -0.25) is 10.9 Å². The predicted octanol–water partition coefficient (Wildman–Crippen LogP) is 0.127. The Morgan fingerprint density at radius 2 is 2.11 bits per heavy atom. The van der Waals surface area contributed by atoms with Crippen molar-refractivity contribution in [3.05, 3.63) is 35.7 Å². The summed E-state index contributed by atoms with van der Waals surface area (Å²) in [7, 11) is -3.46. The summed E-state index contributed by atoms with van der Waals surface area (Å²) in [5, 5.41) is 0. The maximum Gasteiger partial charge on any atom is 0.330 e. The molecule has 4 N–H and O–H groups in total. The summed E-state index contributed by atoms with van der Waals surface area (Å²) in [5.41, 5.74) is 9.89. The van der Waals surface area contributed by atoms with Crippen molar-refractivity contribution >= 4 is 21.6 Å². The van der Waals surface area contributed by atoms with Crippen LogP contribution in [0.5, 0.6) is 0 Å². The van der Waals surface area contributed by atoms with E-state index in [0.717, 1.165) is 12.1 Å². The summed E-state index contributed by atoms with van der Waals surface area (Å²) in [6.45, 7) is 0. The van der Waals surface area contributed by atoms with Crippen LogP contribution >= 0.6 is 0 Å². The molecule has 6 nitrogen and oxygen atoms in total. The molecule has 1 aromatic carbocycles. The van der Waals surface area contributed by atoms with Gasteiger partial charge in [-0.2, -0.15) is 0 Å². The molecule has 18 heavy (non-hydrogen) atoms. The number of hydrazine groups is 1. The average Bonchev–Trinajstić information content (AvgIpc) is 2.27. The number of hydrogen-bond acceptors (Lipinski definition) is 4. The van der Waals surface area contributed by atoms with Crippen molar-refractivity contribution in [2.45, 2.75) is 4.90 Å². The highest BCUT2D eigenvalue weighted by Crippen LogP contribution is 2.28. The first-order chi connectivity index (χ1) is 8.40. The number of carbonyl (C=O) groups excluding carboxylic acids is 1. The highest BCUT2D eigenvalue weighted by molar-refractivity contribution is 7.91. The molecule has 1 heterocycles. The second-order valence-corrected chi connectivity index (χ2v) is 5.66. The third kappa shape index (κ3) is 2.28. The Morgan fingerprint density at radius 3 is 2.78 bits per heavy atom. The van der Waals surface area contributed by atoms with E-state index >= 15 is 0 Å². The van der Waals surface area contributed by atoms with Gasteiger partial charge in [0.1, 0.15) is 5.82 Å². The number of benzene rings is 1. The molecular weight excluding hydrogens is 261 g/mol. The number of sulfone groups is 1. The third-order valence-corrected chi connectivity index (χ3v) is 4.03. The number of carbonyl (C=O) groups is 1. The molecule has 0 radical (unpaired) electrons. The molecule has 1 aliphatic rings. The smallest absolute Gasteiger partial charge is 0.330 e. The molecule has 0 bridgehead atoms. The number of urea groups is 1. The SMILES string of the molecule is NC(=O)NNC1=CCS(=O)(=O)c2ccc(F)cc21. The summed E-state index contributed by atoms with van der Waals surface area (Å²) in [6, 6.07) is 2.51. The Hall–Kier alpha value is -2.09. The van der Waals surface area contributed by atoms with Crippen molar-refractivity contribution in [3.63, 3.8) is 0 Å². The minimum Gasteiger partial charge on any atom is -0.350 e. The molecular formula is C10H10FN3O3S. The fourth-order valence-corrected chi connectivity index (χ4v) is 2.97. The number of primary amides is 1. The minimum absolute atomic E-state index is 0.0140.